The summed E-state index contributed by atoms with van der Waals surface area (Å²) in [6, 6.07) is 5.79. The summed E-state index contributed by atoms with van der Waals surface area (Å²) in [4.78, 5) is 12.3. The van der Waals surface area contributed by atoms with E-state index in [0.29, 0.717) is 0 Å². The predicted octanol–water partition coefficient (Wildman–Crippen LogP) is 2.57. The Kier molecular flexibility index (Phi) is 5.50. The van der Waals surface area contributed by atoms with Gasteiger partial charge in [-0.3, -0.25) is 4.79 Å². The third kappa shape index (κ3) is 4.14. The molecule has 4 nitrogen and oxygen atoms in total. The average Bonchev–Trinajstić information content (AvgIpc) is 2.47. The predicted molar refractivity (Wildman–Crippen MR) is 73.4 cm³/mol. The first-order chi connectivity index (χ1) is 10.1. The van der Waals surface area contributed by atoms with Gasteiger partial charge in [-0.1, -0.05) is 25.0 Å². The van der Waals surface area contributed by atoms with E-state index in [1.165, 1.54) is 18.2 Å². The van der Waals surface area contributed by atoms with Crippen LogP contribution < -0.4 is 10.1 Å². The third-order valence-corrected chi connectivity index (χ3v) is 3.81. The quantitative estimate of drug-likeness (QED) is 0.878. The maximum atomic E-state index is 12.4. The first-order valence-electron chi connectivity index (χ1n) is 7.07. The summed E-state index contributed by atoms with van der Waals surface area (Å²) in [6.07, 6.45) is 3.66. The highest BCUT2D eigenvalue weighted by Gasteiger charge is 2.27. The number of halogens is 2. The van der Waals surface area contributed by atoms with E-state index in [4.69, 9.17) is 0 Å². The van der Waals surface area contributed by atoms with Crippen molar-refractivity contribution in [2.45, 2.75) is 38.3 Å². The van der Waals surface area contributed by atoms with Crippen molar-refractivity contribution in [1.29, 1.82) is 0 Å². The van der Waals surface area contributed by atoms with E-state index in [1.54, 1.807) is 6.07 Å². The molecule has 6 heteroatoms. The Morgan fingerprint density at radius 2 is 2.05 bits per heavy atom. The SMILES string of the molecule is O=C(NC1CCCCC1CO)c1ccccc1OC(F)F. The number of aliphatic hydroxyl groups is 1. The van der Waals surface area contributed by atoms with E-state index in [9.17, 15) is 18.7 Å². The van der Waals surface area contributed by atoms with Gasteiger partial charge in [0.15, 0.2) is 0 Å². The number of para-hydroxylation sites is 1. The summed E-state index contributed by atoms with van der Waals surface area (Å²) in [5.41, 5.74) is 0.0834. The Bertz CT molecular complexity index is 482. The van der Waals surface area contributed by atoms with Crippen molar-refractivity contribution in [3.8, 4) is 5.75 Å². The summed E-state index contributed by atoms with van der Waals surface area (Å²) in [7, 11) is 0. The first kappa shape index (κ1) is 15.7. The van der Waals surface area contributed by atoms with Crippen LogP contribution in [0.5, 0.6) is 5.75 Å². The topological polar surface area (TPSA) is 58.6 Å². The molecule has 0 aliphatic heterocycles. The highest BCUT2D eigenvalue weighted by molar-refractivity contribution is 5.97. The number of hydrogen-bond donors (Lipinski definition) is 2. The Hall–Kier alpha value is -1.69. The van der Waals surface area contributed by atoms with Crippen LogP contribution in [0.15, 0.2) is 24.3 Å². The van der Waals surface area contributed by atoms with Gasteiger partial charge in [0, 0.05) is 18.6 Å². The molecule has 0 spiro atoms. The van der Waals surface area contributed by atoms with Gasteiger partial charge in [0.1, 0.15) is 5.75 Å². The molecule has 1 aromatic rings. The molecule has 0 bridgehead atoms. The maximum absolute atomic E-state index is 12.4. The second-order valence-electron chi connectivity index (χ2n) is 5.18. The van der Waals surface area contributed by atoms with Crippen molar-refractivity contribution in [2.24, 2.45) is 5.92 Å². The lowest BCUT2D eigenvalue weighted by molar-refractivity contribution is -0.0501. The third-order valence-electron chi connectivity index (χ3n) is 3.81. The lowest BCUT2D eigenvalue weighted by Crippen LogP contribution is -2.43. The molecular formula is C15H19F2NO3. The zero-order valence-electron chi connectivity index (χ0n) is 11.6. The van der Waals surface area contributed by atoms with Crippen LogP contribution in [-0.4, -0.2) is 30.3 Å². The zero-order chi connectivity index (χ0) is 15.2. The molecule has 2 atom stereocenters. The van der Waals surface area contributed by atoms with Gasteiger partial charge >= 0.3 is 6.61 Å². The Morgan fingerprint density at radius 1 is 1.33 bits per heavy atom. The number of benzene rings is 1. The molecule has 0 radical (unpaired) electrons. The normalized spacial score (nSPS) is 22.1. The number of nitrogens with one attached hydrogen (secondary N) is 1. The van der Waals surface area contributed by atoms with E-state index in [1.807, 2.05) is 0 Å². The zero-order valence-corrected chi connectivity index (χ0v) is 11.6. The molecule has 1 aromatic carbocycles. The van der Waals surface area contributed by atoms with Gasteiger partial charge in [0.2, 0.25) is 0 Å². The monoisotopic (exact) mass is 299 g/mol. The smallest absolute Gasteiger partial charge is 0.387 e. The number of rotatable bonds is 5. The molecule has 1 aliphatic rings. The maximum Gasteiger partial charge on any atom is 0.387 e. The summed E-state index contributed by atoms with van der Waals surface area (Å²) in [5, 5.41) is 12.2. The van der Waals surface area contributed by atoms with Crippen LogP contribution in [0.4, 0.5) is 8.78 Å². The number of hydrogen-bond acceptors (Lipinski definition) is 3. The molecule has 2 rings (SSSR count). The van der Waals surface area contributed by atoms with Crippen LogP contribution in [-0.2, 0) is 0 Å². The highest BCUT2D eigenvalue weighted by atomic mass is 19.3. The molecule has 0 saturated heterocycles. The molecule has 1 amide bonds. The van der Waals surface area contributed by atoms with Gasteiger partial charge in [-0.2, -0.15) is 8.78 Å². The van der Waals surface area contributed by atoms with Crippen LogP contribution in [0.2, 0.25) is 0 Å². The van der Waals surface area contributed by atoms with Crippen LogP contribution >= 0.6 is 0 Å². The Labute approximate surface area is 122 Å². The molecule has 21 heavy (non-hydrogen) atoms. The van der Waals surface area contributed by atoms with Crippen molar-refractivity contribution in [3.05, 3.63) is 29.8 Å². The molecule has 2 unspecified atom stereocenters. The lowest BCUT2D eigenvalue weighted by Gasteiger charge is -2.31. The number of ether oxygens (including phenoxy) is 1. The minimum absolute atomic E-state index is 0.0140. The molecule has 1 fully saturated rings. The average molecular weight is 299 g/mol. The molecular weight excluding hydrogens is 280 g/mol. The van der Waals surface area contributed by atoms with Gasteiger partial charge in [0.05, 0.1) is 5.56 Å². The fourth-order valence-corrected chi connectivity index (χ4v) is 2.72. The van der Waals surface area contributed by atoms with Gasteiger partial charge in [-0.25, -0.2) is 0 Å². The van der Waals surface area contributed by atoms with Gasteiger partial charge in [0.25, 0.3) is 5.91 Å². The molecule has 1 saturated carbocycles. The van der Waals surface area contributed by atoms with E-state index >= 15 is 0 Å². The molecule has 0 heterocycles. The van der Waals surface area contributed by atoms with Crippen LogP contribution in [0.1, 0.15) is 36.0 Å². The second kappa shape index (κ2) is 7.36. The van der Waals surface area contributed by atoms with Gasteiger partial charge in [-0.15, -0.1) is 0 Å². The highest BCUT2D eigenvalue weighted by Crippen LogP contribution is 2.25. The summed E-state index contributed by atoms with van der Waals surface area (Å²) < 4.78 is 29.1. The minimum Gasteiger partial charge on any atom is -0.434 e. The standard InChI is InChI=1S/C15H19F2NO3/c16-15(17)21-13-8-4-2-6-11(13)14(20)18-12-7-3-1-5-10(12)9-19/h2,4,6,8,10,12,15,19H,1,3,5,7,9H2,(H,18,20). The van der Waals surface area contributed by atoms with E-state index in [2.05, 4.69) is 10.1 Å². The van der Waals surface area contributed by atoms with Crippen molar-refractivity contribution in [3.63, 3.8) is 0 Å². The Balaban J connectivity index is 2.09. The first-order valence-corrected chi connectivity index (χ1v) is 7.07. The number of aliphatic hydroxyl groups excluding tert-OH is 1. The molecule has 1 aliphatic carbocycles. The Morgan fingerprint density at radius 3 is 2.76 bits per heavy atom. The van der Waals surface area contributed by atoms with E-state index in [-0.39, 0.29) is 29.9 Å². The molecule has 116 valence electrons. The minimum atomic E-state index is -2.97. The summed E-state index contributed by atoms with van der Waals surface area (Å²) in [5.74, 6) is -0.566. The van der Waals surface area contributed by atoms with Crippen molar-refractivity contribution in [2.75, 3.05) is 6.61 Å². The number of carbonyl (C=O) groups is 1. The van der Waals surface area contributed by atoms with E-state index in [0.717, 1.165) is 25.7 Å². The van der Waals surface area contributed by atoms with Gasteiger partial charge < -0.3 is 15.2 Å². The largest absolute Gasteiger partial charge is 0.434 e. The van der Waals surface area contributed by atoms with Crippen LogP contribution in [0.3, 0.4) is 0 Å². The molecule has 0 aromatic heterocycles. The van der Waals surface area contributed by atoms with E-state index < -0.39 is 12.5 Å². The fraction of sp³-hybridized carbons (Fsp3) is 0.533. The molecule has 2 N–H and O–H groups in total. The number of alkyl halides is 2. The number of carbonyl (C=O) groups excluding carboxylic acids is 1. The van der Waals surface area contributed by atoms with Crippen molar-refractivity contribution < 1.29 is 23.4 Å². The van der Waals surface area contributed by atoms with Crippen LogP contribution in [0.25, 0.3) is 0 Å². The van der Waals surface area contributed by atoms with Crippen LogP contribution in [0, 0.1) is 5.92 Å². The summed E-state index contributed by atoms with van der Waals surface area (Å²) >= 11 is 0. The van der Waals surface area contributed by atoms with Gasteiger partial charge in [-0.05, 0) is 25.0 Å². The summed E-state index contributed by atoms with van der Waals surface area (Å²) in [6.45, 7) is -2.96. The fourth-order valence-electron chi connectivity index (χ4n) is 2.72. The lowest BCUT2D eigenvalue weighted by atomic mass is 9.85. The van der Waals surface area contributed by atoms with Crippen molar-refractivity contribution >= 4 is 5.91 Å². The number of amides is 1. The van der Waals surface area contributed by atoms with Crippen molar-refractivity contribution in [1.82, 2.24) is 5.32 Å². The second-order valence-corrected chi connectivity index (χ2v) is 5.18.